The highest BCUT2D eigenvalue weighted by molar-refractivity contribution is 6.05. The van der Waals surface area contributed by atoms with E-state index in [9.17, 15) is 0 Å². The SMILES string of the molecule is Nc1ccc2cc3ccccc3cc2c1N. The highest BCUT2D eigenvalue weighted by Crippen LogP contribution is 2.30. The van der Waals surface area contributed by atoms with Gasteiger partial charge in [0.25, 0.3) is 0 Å². The van der Waals surface area contributed by atoms with Gasteiger partial charge in [-0.2, -0.15) is 0 Å². The van der Waals surface area contributed by atoms with Crippen LogP contribution in [0.4, 0.5) is 11.4 Å². The molecule has 0 heterocycles. The zero-order valence-electron chi connectivity index (χ0n) is 8.77. The van der Waals surface area contributed by atoms with E-state index in [0.717, 1.165) is 10.8 Å². The predicted octanol–water partition coefficient (Wildman–Crippen LogP) is 3.16. The van der Waals surface area contributed by atoms with Crippen molar-refractivity contribution in [3.63, 3.8) is 0 Å². The molecular weight excluding hydrogens is 196 g/mol. The zero-order valence-corrected chi connectivity index (χ0v) is 8.77. The lowest BCUT2D eigenvalue weighted by Crippen LogP contribution is -1.95. The first kappa shape index (κ1) is 9.04. The van der Waals surface area contributed by atoms with Crippen LogP contribution in [0.15, 0.2) is 48.5 Å². The van der Waals surface area contributed by atoms with E-state index in [2.05, 4.69) is 24.3 Å². The Morgan fingerprint density at radius 3 is 2.12 bits per heavy atom. The molecule has 0 spiro atoms. The van der Waals surface area contributed by atoms with Crippen LogP contribution in [0.1, 0.15) is 0 Å². The number of hydrogen-bond donors (Lipinski definition) is 2. The Kier molecular flexibility index (Phi) is 1.77. The maximum Gasteiger partial charge on any atom is 0.0627 e. The van der Waals surface area contributed by atoms with Crippen LogP contribution in [0.5, 0.6) is 0 Å². The summed E-state index contributed by atoms with van der Waals surface area (Å²) >= 11 is 0. The average Bonchev–Trinajstić information content (AvgIpc) is 2.32. The Bertz CT molecular complexity index is 687. The van der Waals surface area contributed by atoms with Gasteiger partial charge in [0, 0.05) is 5.39 Å². The molecule has 0 aliphatic heterocycles. The second-order valence-corrected chi connectivity index (χ2v) is 3.99. The fourth-order valence-corrected chi connectivity index (χ4v) is 2.05. The Balaban J connectivity index is 2.51. The number of rotatable bonds is 0. The molecular formula is C14H12N2. The minimum Gasteiger partial charge on any atom is -0.397 e. The van der Waals surface area contributed by atoms with E-state index >= 15 is 0 Å². The molecule has 0 bridgehead atoms. The highest BCUT2D eigenvalue weighted by atomic mass is 14.7. The van der Waals surface area contributed by atoms with Gasteiger partial charge in [0.05, 0.1) is 11.4 Å². The maximum atomic E-state index is 5.98. The first-order valence-corrected chi connectivity index (χ1v) is 5.22. The van der Waals surface area contributed by atoms with Crippen LogP contribution >= 0.6 is 0 Å². The van der Waals surface area contributed by atoms with Gasteiger partial charge in [-0.15, -0.1) is 0 Å². The summed E-state index contributed by atoms with van der Waals surface area (Å²) in [6.45, 7) is 0. The summed E-state index contributed by atoms with van der Waals surface area (Å²) in [5.41, 5.74) is 13.1. The molecule has 0 atom stereocenters. The fraction of sp³-hybridized carbons (Fsp3) is 0. The quantitative estimate of drug-likeness (QED) is 0.440. The summed E-state index contributed by atoms with van der Waals surface area (Å²) in [4.78, 5) is 0. The molecule has 0 fully saturated rings. The Labute approximate surface area is 93.5 Å². The van der Waals surface area contributed by atoms with Gasteiger partial charge < -0.3 is 11.5 Å². The van der Waals surface area contributed by atoms with Crippen molar-refractivity contribution in [3.8, 4) is 0 Å². The zero-order chi connectivity index (χ0) is 11.1. The van der Waals surface area contributed by atoms with E-state index in [-0.39, 0.29) is 0 Å². The first-order valence-electron chi connectivity index (χ1n) is 5.22. The van der Waals surface area contributed by atoms with Gasteiger partial charge in [-0.3, -0.25) is 0 Å². The largest absolute Gasteiger partial charge is 0.397 e. The molecule has 3 rings (SSSR count). The Hall–Kier alpha value is -2.22. The van der Waals surface area contributed by atoms with Crippen LogP contribution in [0.25, 0.3) is 21.5 Å². The Morgan fingerprint density at radius 2 is 1.38 bits per heavy atom. The van der Waals surface area contributed by atoms with Gasteiger partial charge in [0.1, 0.15) is 0 Å². The van der Waals surface area contributed by atoms with Crippen LogP contribution < -0.4 is 11.5 Å². The maximum absolute atomic E-state index is 5.98. The van der Waals surface area contributed by atoms with Crippen molar-refractivity contribution in [1.29, 1.82) is 0 Å². The molecule has 0 amide bonds. The molecule has 0 saturated carbocycles. The van der Waals surface area contributed by atoms with Gasteiger partial charge in [-0.25, -0.2) is 0 Å². The van der Waals surface area contributed by atoms with E-state index in [1.54, 1.807) is 0 Å². The number of nitrogen functional groups attached to an aromatic ring is 2. The van der Waals surface area contributed by atoms with Gasteiger partial charge >= 0.3 is 0 Å². The van der Waals surface area contributed by atoms with E-state index in [0.29, 0.717) is 11.4 Å². The van der Waals surface area contributed by atoms with Crippen molar-refractivity contribution >= 4 is 32.9 Å². The lowest BCUT2D eigenvalue weighted by molar-refractivity contribution is 1.72. The smallest absolute Gasteiger partial charge is 0.0627 e. The normalized spacial score (nSPS) is 11.0. The monoisotopic (exact) mass is 208 g/mol. The Morgan fingerprint density at radius 1 is 0.688 bits per heavy atom. The van der Waals surface area contributed by atoms with Crippen molar-refractivity contribution in [2.45, 2.75) is 0 Å². The summed E-state index contributed by atoms with van der Waals surface area (Å²) in [6.07, 6.45) is 0. The number of fused-ring (bicyclic) bond motifs is 2. The van der Waals surface area contributed by atoms with Gasteiger partial charge in [0.2, 0.25) is 0 Å². The molecule has 0 aliphatic carbocycles. The standard InChI is InChI=1S/C14H12N2/c15-13-6-5-11-7-9-3-1-2-4-10(9)8-12(11)14(13)16/h1-8H,15-16H2. The second kappa shape index (κ2) is 3.14. The summed E-state index contributed by atoms with van der Waals surface area (Å²) in [5, 5.41) is 4.57. The summed E-state index contributed by atoms with van der Waals surface area (Å²) in [5.74, 6) is 0. The molecule has 0 saturated heterocycles. The first-order chi connectivity index (χ1) is 7.75. The lowest BCUT2D eigenvalue weighted by Gasteiger charge is -2.07. The summed E-state index contributed by atoms with van der Waals surface area (Å²) in [7, 11) is 0. The molecule has 0 unspecified atom stereocenters. The molecule has 3 aromatic carbocycles. The fourth-order valence-electron chi connectivity index (χ4n) is 2.05. The van der Waals surface area contributed by atoms with E-state index < -0.39 is 0 Å². The van der Waals surface area contributed by atoms with Crippen LogP contribution in [0.3, 0.4) is 0 Å². The minimum atomic E-state index is 0.641. The number of anilines is 2. The van der Waals surface area contributed by atoms with Gasteiger partial charge in [0.15, 0.2) is 0 Å². The molecule has 4 N–H and O–H groups in total. The summed E-state index contributed by atoms with van der Waals surface area (Å²) in [6, 6.07) is 16.3. The van der Waals surface area contributed by atoms with E-state index in [1.165, 1.54) is 10.8 Å². The third kappa shape index (κ3) is 1.20. The predicted molar refractivity (Wildman–Crippen MR) is 70.3 cm³/mol. The number of hydrogen-bond acceptors (Lipinski definition) is 2. The minimum absolute atomic E-state index is 0.641. The van der Waals surface area contributed by atoms with Crippen molar-refractivity contribution in [2.24, 2.45) is 0 Å². The average molecular weight is 208 g/mol. The van der Waals surface area contributed by atoms with Crippen molar-refractivity contribution < 1.29 is 0 Å². The van der Waals surface area contributed by atoms with Crippen molar-refractivity contribution in [3.05, 3.63) is 48.5 Å². The van der Waals surface area contributed by atoms with Gasteiger partial charge in [-0.05, 0) is 34.4 Å². The van der Waals surface area contributed by atoms with E-state index in [1.807, 2.05) is 24.3 Å². The highest BCUT2D eigenvalue weighted by Gasteiger charge is 2.03. The molecule has 3 aromatic rings. The molecule has 2 nitrogen and oxygen atoms in total. The van der Waals surface area contributed by atoms with Gasteiger partial charge in [-0.1, -0.05) is 30.3 Å². The molecule has 0 aliphatic rings. The molecule has 2 heteroatoms. The molecule has 0 aromatic heterocycles. The van der Waals surface area contributed by atoms with Crippen LogP contribution in [0, 0.1) is 0 Å². The summed E-state index contributed by atoms with van der Waals surface area (Å²) < 4.78 is 0. The topological polar surface area (TPSA) is 52.0 Å². The van der Waals surface area contributed by atoms with Crippen molar-refractivity contribution in [1.82, 2.24) is 0 Å². The molecule has 0 radical (unpaired) electrons. The van der Waals surface area contributed by atoms with Crippen LogP contribution in [-0.2, 0) is 0 Å². The number of benzene rings is 3. The third-order valence-electron chi connectivity index (χ3n) is 2.96. The number of nitrogens with two attached hydrogens (primary N) is 2. The molecule has 78 valence electrons. The van der Waals surface area contributed by atoms with Crippen LogP contribution in [0.2, 0.25) is 0 Å². The second-order valence-electron chi connectivity index (χ2n) is 3.99. The third-order valence-corrected chi connectivity index (χ3v) is 2.96. The lowest BCUT2D eigenvalue weighted by atomic mass is 10.0. The molecule has 16 heavy (non-hydrogen) atoms. The van der Waals surface area contributed by atoms with Crippen LogP contribution in [-0.4, -0.2) is 0 Å². The van der Waals surface area contributed by atoms with Crippen molar-refractivity contribution in [2.75, 3.05) is 11.5 Å². The van der Waals surface area contributed by atoms with E-state index in [4.69, 9.17) is 11.5 Å².